The minimum atomic E-state index is -1.45. The Labute approximate surface area is 181 Å². The lowest BCUT2D eigenvalue weighted by molar-refractivity contribution is -0.143. The molecule has 0 aromatic heterocycles. The van der Waals surface area contributed by atoms with Gasteiger partial charge < -0.3 is 37.6 Å². The molecule has 4 unspecified atom stereocenters. The third kappa shape index (κ3) is 11.9. The summed E-state index contributed by atoms with van der Waals surface area (Å²) in [6.45, 7) is 5.36. The van der Waals surface area contributed by atoms with E-state index in [0.29, 0.717) is 25.8 Å². The van der Waals surface area contributed by atoms with Gasteiger partial charge in [-0.25, -0.2) is 4.79 Å². The summed E-state index contributed by atoms with van der Waals surface area (Å²) in [5.41, 5.74) is 11.1. The standard InChI is InChI=1S/C19H35N5O7/c1-10(2)8-14(19(30)31)24-16(27)11(3)22-18(29)13(9-15(25)26)23-17(28)12(21)6-4-5-7-20/h10-14H,4-9,20-21H2,1-3H3,(H,22,29)(H,23,28)(H,24,27)(H,25,26)(H,30,31). The quantitative estimate of drug-likeness (QED) is 0.146. The molecule has 0 aliphatic carbocycles. The van der Waals surface area contributed by atoms with Gasteiger partial charge >= 0.3 is 11.9 Å². The molecule has 3 amide bonds. The number of rotatable bonds is 15. The molecular formula is C19H35N5O7. The maximum atomic E-state index is 12.5. The number of nitrogens with one attached hydrogen (secondary N) is 3. The van der Waals surface area contributed by atoms with Gasteiger partial charge in [0, 0.05) is 0 Å². The van der Waals surface area contributed by atoms with Crippen molar-refractivity contribution >= 4 is 29.7 Å². The van der Waals surface area contributed by atoms with Crippen LogP contribution in [0.15, 0.2) is 0 Å². The summed E-state index contributed by atoms with van der Waals surface area (Å²) in [5, 5.41) is 25.2. The fourth-order valence-electron chi connectivity index (χ4n) is 2.67. The lowest BCUT2D eigenvalue weighted by Crippen LogP contribution is -2.56. The molecular weight excluding hydrogens is 410 g/mol. The predicted octanol–water partition coefficient (Wildman–Crippen LogP) is -1.48. The molecule has 0 rings (SSSR count). The topological polar surface area (TPSA) is 214 Å². The van der Waals surface area contributed by atoms with Crippen LogP contribution in [-0.4, -0.2) is 70.6 Å². The van der Waals surface area contributed by atoms with Crippen molar-refractivity contribution in [1.82, 2.24) is 16.0 Å². The number of nitrogens with two attached hydrogens (primary N) is 2. The number of amides is 3. The first-order chi connectivity index (χ1) is 14.4. The highest BCUT2D eigenvalue weighted by Crippen LogP contribution is 2.06. The SMILES string of the molecule is CC(C)CC(NC(=O)C(C)NC(=O)C(CC(=O)O)NC(=O)C(N)CCCCN)C(=O)O. The molecule has 31 heavy (non-hydrogen) atoms. The first-order valence-electron chi connectivity index (χ1n) is 10.2. The fraction of sp³-hybridized carbons (Fsp3) is 0.737. The molecule has 0 saturated heterocycles. The van der Waals surface area contributed by atoms with E-state index >= 15 is 0 Å². The van der Waals surface area contributed by atoms with Gasteiger partial charge in [0.2, 0.25) is 17.7 Å². The number of carboxylic acids is 2. The molecule has 12 nitrogen and oxygen atoms in total. The molecule has 0 spiro atoms. The van der Waals surface area contributed by atoms with Crippen LogP contribution in [0.1, 0.15) is 52.9 Å². The molecule has 0 aromatic carbocycles. The summed E-state index contributed by atoms with van der Waals surface area (Å²) in [6.07, 6.45) is 1.06. The Morgan fingerprint density at radius 1 is 0.839 bits per heavy atom. The number of unbranched alkanes of at least 4 members (excludes halogenated alkanes) is 1. The first-order valence-corrected chi connectivity index (χ1v) is 10.2. The van der Waals surface area contributed by atoms with Crippen LogP contribution in [0.3, 0.4) is 0 Å². The third-order valence-corrected chi connectivity index (χ3v) is 4.39. The van der Waals surface area contributed by atoms with Crippen molar-refractivity contribution in [1.29, 1.82) is 0 Å². The van der Waals surface area contributed by atoms with E-state index in [1.165, 1.54) is 6.92 Å². The van der Waals surface area contributed by atoms with Gasteiger partial charge in [-0.15, -0.1) is 0 Å². The van der Waals surface area contributed by atoms with Gasteiger partial charge in [-0.3, -0.25) is 19.2 Å². The van der Waals surface area contributed by atoms with Gasteiger partial charge in [0.15, 0.2) is 0 Å². The molecule has 4 atom stereocenters. The Morgan fingerprint density at radius 2 is 1.42 bits per heavy atom. The van der Waals surface area contributed by atoms with Crippen molar-refractivity contribution in [3.05, 3.63) is 0 Å². The second kappa shape index (κ2) is 14.3. The number of hydrogen-bond donors (Lipinski definition) is 7. The minimum absolute atomic E-state index is 0.00974. The van der Waals surface area contributed by atoms with Crippen molar-refractivity contribution in [3.8, 4) is 0 Å². The lowest BCUT2D eigenvalue weighted by atomic mass is 10.0. The predicted molar refractivity (Wildman–Crippen MR) is 112 cm³/mol. The zero-order valence-corrected chi connectivity index (χ0v) is 18.2. The number of aliphatic carboxylic acids is 2. The van der Waals surface area contributed by atoms with Crippen LogP contribution in [0.25, 0.3) is 0 Å². The van der Waals surface area contributed by atoms with E-state index in [-0.39, 0.29) is 12.3 Å². The van der Waals surface area contributed by atoms with E-state index in [0.717, 1.165) is 0 Å². The van der Waals surface area contributed by atoms with Crippen molar-refractivity contribution in [2.45, 2.75) is 77.0 Å². The Hall–Kier alpha value is -2.73. The molecule has 12 heteroatoms. The van der Waals surface area contributed by atoms with E-state index in [2.05, 4.69) is 16.0 Å². The lowest BCUT2D eigenvalue weighted by Gasteiger charge is -2.23. The minimum Gasteiger partial charge on any atom is -0.481 e. The Kier molecular flexibility index (Phi) is 13.0. The monoisotopic (exact) mass is 445 g/mol. The summed E-state index contributed by atoms with van der Waals surface area (Å²) >= 11 is 0. The van der Waals surface area contributed by atoms with E-state index < -0.39 is 60.2 Å². The molecule has 0 heterocycles. The Balaban J connectivity index is 5.01. The molecule has 0 radical (unpaired) electrons. The number of carbonyl (C=O) groups is 5. The molecule has 0 aromatic rings. The third-order valence-electron chi connectivity index (χ3n) is 4.39. The number of hydrogen-bond acceptors (Lipinski definition) is 7. The van der Waals surface area contributed by atoms with Crippen molar-refractivity contribution in [3.63, 3.8) is 0 Å². The second-order valence-electron chi connectivity index (χ2n) is 7.81. The van der Waals surface area contributed by atoms with Crippen molar-refractivity contribution < 1.29 is 34.2 Å². The van der Waals surface area contributed by atoms with Crippen molar-refractivity contribution in [2.75, 3.05) is 6.54 Å². The smallest absolute Gasteiger partial charge is 0.326 e. The Bertz CT molecular complexity index is 641. The van der Waals surface area contributed by atoms with Gasteiger partial charge in [-0.2, -0.15) is 0 Å². The average molecular weight is 446 g/mol. The molecule has 0 fully saturated rings. The van der Waals surface area contributed by atoms with Crippen LogP contribution in [-0.2, 0) is 24.0 Å². The number of carboxylic acid groups (broad SMARTS) is 2. The van der Waals surface area contributed by atoms with Crippen LogP contribution in [0.5, 0.6) is 0 Å². The molecule has 9 N–H and O–H groups in total. The average Bonchev–Trinajstić information content (AvgIpc) is 2.65. The largest absolute Gasteiger partial charge is 0.481 e. The first kappa shape index (κ1) is 28.3. The normalized spacial score (nSPS) is 14.8. The highest BCUT2D eigenvalue weighted by molar-refractivity contribution is 5.95. The van der Waals surface area contributed by atoms with Crippen LogP contribution >= 0.6 is 0 Å². The van der Waals surface area contributed by atoms with E-state index in [9.17, 15) is 29.1 Å². The van der Waals surface area contributed by atoms with Crippen LogP contribution in [0.4, 0.5) is 0 Å². The number of carbonyl (C=O) groups excluding carboxylic acids is 3. The van der Waals surface area contributed by atoms with Crippen LogP contribution < -0.4 is 27.4 Å². The summed E-state index contributed by atoms with van der Waals surface area (Å²) in [5.74, 6) is -4.88. The molecule has 0 saturated carbocycles. The van der Waals surface area contributed by atoms with Crippen LogP contribution in [0, 0.1) is 5.92 Å². The maximum Gasteiger partial charge on any atom is 0.326 e. The summed E-state index contributed by atoms with van der Waals surface area (Å²) in [6, 6.07) is -4.68. The van der Waals surface area contributed by atoms with Crippen LogP contribution in [0.2, 0.25) is 0 Å². The highest BCUT2D eigenvalue weighted by Gasteiger charge is 2.29. The van der Waals surface area contributed by atoms with Gasteiger partial charge in [-0.1, -0.05) is 20.3 Å². The molecule has 0 aliphatic heterocycles. The zero-order chi connectivity index (χ0) is 24.1. The highest BCUT2D eigenvalue weighted by atomic mass is 16.4. The molecule has 0 bridgehead atoms. The summed E-state index contributed by atoms with van der Waals surface area (Å²) in [7, 11) is 0. The van der Waals surface area contributed by atoms with E-state index in [4.69, 9.17) is 16.6 Å². The van der Waals surface area contributed by atoms with Crippen molar-refractivity contribution in [2.24, 2.45) is 17.4 Å². The van der Waals surface area contributed by atoms with E-state index in [1.54, 1.807) is 13.8 Å². The molecule has 0 aliphatic rings. The Morgan fingerprint density at radius 3 is 1.90 bits per heavy atom. The van der Waals surface area contributed by atoms with E-state index in [1.807, 2.05) is 0 Å². The summed E-state index contributed by atoms with van der Waals surface area (Å²) < 4.78 is 0. The van der Waals surface area contributed by atoms with Gasteiger partial charge in [0.1, 0.15) is 18.1 Å². The van der Waals surface area contributed by atoms with Gasteiger partial charge in [-0.05, 0) is 38.6 Å². The van der Waals surface area contributed by atoms with Gasteiger partial charge in [0.05, 0.1) is 12.5 Å². The zero-order valence-electron chi connectivity index (χ0n) is 18.2. The second-order valence-corrected chi connectivity index (χ2v) is 7.81. The molecule has 178 valence electrons. The maximum absolute atomic E-state index is 12.5. The fourth-order valence-corrected chi connectivity index (χ4v) is 2.67. The van der Waals surface area contributed by atoms with Gasteiger partial charge in [0.25, 0.3) is 0 Å². The summed E-state index contributed by atoms with van der Waals surface area (Å²) in [4.78, 5) is 59.3.